The third kappa shape index (κ3) is 2.76. The monoisotopic (exact) mass is 316 g/mol. The first-order chi connectivity index (χ1) is 11.0. The number of hydrogen-bond acceptors (Lipinski definition) is 7. The molecule has 3 rings (SSSR count). The number of anilines is 3. The van der Waals surface area contributed by atoms with Crippen LogP contribution < -0.4 is 10.2 Å². The van der Waals surface area contributed by atoms with Crippen LogP contribution in [0, 0.1) is 17.0 Å². The minimum atomic E-state index is -0.593. The Hall–Kier alpha value is -3.23. The number of rotatable bonds is 4. The van der Waals surface area contributed by atoms with Gasteiger partial charge in [0.2, 0.25) is 11.8 Å². The first kappa shape index (κ1) is 14.7. The van der Waals surface area contributed by atoms with Crippen LogP contribution in [0.15, 0.2) is 28.8 Å². The van der Waals surface area contributed by atoms with E-state index in [9.17, 15) is 19.7 Å². The van der Waals surface area contributed by atoms with Crippen LogP contribution in [0.3, 0.4) is 0 Å². The first-order valence-corrected chi connectivity index (χ1v) is 6.80. The van der Waals surface area contributed by atoms with Gasteiger partial charge in [-0.3, -0.25) is 24.6 Å². The number of aryl methyl sites for hydroxylation is 1. The van der Waals surface area contributed by atoms with Crippen molar-refractivity contribution in [2.24, 2.45) is 0 Å². The lowest BCUT2D eigenvalue weighted by molar-refractivity contribution is -0.383. The van der Waals surface area contributed by atoms with Gasteiger partial charge >= 0.3 is 0 Å². The number of imide groups is 1. The van der Waals surface area contributed by atoms with Crippen LogP contribution in [-0.2, 0) is 9.59 Å². The Morgan fingerprint density at radius 1 is 1.26 bits per heavy atom. The molecule has 118 valence electrons. The fourth-order valence-corrected chi connectivity index (χ4v) is 2.34. The predicted molar refractivity (Wildman–Crippen MR) is 79.3 cm³/mol. The SMILES string of the molecule is Cc1cc(Nc2ccc(N3C(=O)CCC3=O)cc2[N+](=O)[O-])no1. The summed E-state index contributed by atoms with van der Waals surface area (Å²) >= 11 is 0. The van der Waals surface area contributed by atoms with E-state index in [1.807, 2.05) is 0 Å². The van der Waals surface area contributed by atoms with E-state index < -0.39 is 4.92 Å². The van der Waals surface area contributed by atoms with Crippen LogP contribution in [0.4, 0.5) is 22.9 Å². The Kier molecular flexibility index (Phi) is 3.53. The number of hydrogen-bond donors (Lipinski definition) is 1. The molecule has 0 radical (unpaired) electrons. The smallest absolute Gasteiger partial charge is 0.294 e. The van der Waals surface area contributed by atoms with Gasteiger partial charge in [-0.05, 0) is 19.1 Å². The van der Waals surface area contributed by atoms with Crippen molar-refractivity contribution >= 4 is 34.7 Å². The molecule has 2 heterocycles. The van der Waals surface area contributed by atoms with Gasteiger partial charge in [-0.25, -0.2) is 0 Å². The van der Waals surface area contributed by atoms with Gasteiger partial charge < -0.3 is 9.84 Å². The fourth-order valence-electron chi connectivity index (χ4n) is 2.34. The topological polar surface area (TPSA) is 119 Å². The van der Waals surface area contributed by atoms with E-state index in [2.05, 4.69) is 10.5 Å². The number of nitrogens with one attached hydrogen (secondary N) is 1. The maximum atomic E-state index is 11.7. The molecule has 1 aromatic carbocycles. The number of aromatic nitrogens is 1. The van der Waals surface area contributed by atoms with Gasteiger partial charge in [0, 0.05) is 25.0 Å². The molecule has 1 aliphatic rings. The van der Waals surface area contributed by atoms with Crippen molar-refractivity contribution in [1.82, 2.24) is 5.16 Å². The number of carbonyl (C=O) groups is 2. The second kappa shape index (κ2) is 5.52. The van der Waals surface area contributed by atoms with E-state index in [-0.39, 0.29) is 41.7 Å². The van der Waals surface area contributed by atoms with Crippen molar-refractivity contribution in [3.8, 4) is 0 Å². The zero-order valence-corrected chi connectivity index (χ0v) is 12.1. The summed E-state index contributed by atoms with van der Waals surface area (Å²) in [5.74, 6) is 0.154. The summed E-state index contributed by atoms with van der Waals surface area (Å²) in [5.41, 5.74) is 0.105. The molecule has 2 amide bonds. The molecule has 0 saturated carbocycles. The van der Waals surface area contributed by atoms with Crippen LogP contribution in [0.5, 0.6) is 0 Å². The molecule has 0 atom stereocenters. The summed E-state index contributed by atoms with van der Waals surface area (Å²) in [7, 11) is 0. The van der Waals surface area contributed by atoms with Crippen LogP contribution in [0.25, 0.3) is 0 Å². The van der Waals surface area contributed by atoms with Crippen LogP contribution in [0.2, 0.25) is 0 Å². The average Bonchev–Trinajstić information content (AvgIpc) is 3.05. The molecular weight excluding hydrogens is 304 g/mol. The van der Waals surface area contributed by atoms with Gasteiger partial charge in [-0.1, -0.05) is 5.16 Å². The summed E-state index contributed by atoms with van der Waals surface area (Å²) in [6.45, 7) is 1.69. The predicted octanol–water partition coefficient (Wildman–Crippen LogP) is 2.29. The molecule has 1 aromatic heterocycles. The fraction of sp³-hybridized carbons (Fsp3) is 0.214. The second-order valence-electron chi connectivity index (χ2n) is 5.03. The minimum absolute atomic E-state index is 0.116. The Labute approximate surface area is 130 Å². The quantitative estimate of drug-likeness (QED) is 0.522. The molecule has 23 heavy (non-hydrogen) atoms. The third-order valence-corrected chi connectivity index (χ3v) is 3.38. The maximum absolute atomic E-state index is 11.7. The van der Waals surface area contributed by atoms with E-state index in [1.165, 1.54) is 18.2 Å². The van der Waals surface area contributed by atoms with Crippen molar-refractivity contribution in [2.45, 2.75) is 19.8 Å². The lowest BCUT2D eigenvalue weighted by atomic mass is 10.2. The highest BCUT2D eigenvalue weighted by Crippen LogP contribution is 2.33. The molecule has 2 aromatic rings. The molecule has 1 aliphatic heterocycles. The highest BCUT2D eigenvalue weighted by atomic mass is 16.6. The largest absolute Gasteiger partial charge is 0.360 e. The minimum Gasteiger partial charge on any atom is -0.360 e. The Morgan fingerprint density at radius 3 is 2.52 bits per heavy atom. The molecule has 1 fully saturated rings. The van der Waals surface area contributed by atoms with Crippen LogP contribution in [0.1, 0.15) is 18.6 Å². The van der Waals surface area contributed by atoms with Crippen molar-refractivity contribution in [2.75, 3.05) is 10.2 Å². The first-order valence-electron chi connectivity index (χ1n) is 6.80. The highest BCUT2D eigenvalue weighted by Gasteiger charge is 2.31. The summed E-state index contributed by atoms with van der Waals surface area (Å²) in [6, 6.07) is 5.68. The maximum Gasteiger partial charge on any atom is 0.294 e. The third-order valence-electron chi connectivity index (χ3n) is 3.38. The second-order valence-corrected chi connectivity index (χ2v) is 5.03. The van der Waals surface area contributed by atoms with Crippen molar-refractivity contribution in [1.29, 1.82) is 0 Å². The van der Waals surface area contributed by atoms with Crippen LogP contribution >= 0.6 is 0 Å². The number of nitro groups is 1. The van der Waals surface area contributed by atoms with Gasteiger partial charge in [0.1, 0.15) is 11.4 Å². The van der Waals surface area contributed by atoms with Gasteiger partial charge in [-0.15, -0.1) is 0 Å². The average molecular weight is 316 g/mol. The summed E-state index contributed by atoms with van der Waals surface area (Å²) in [4.78, 5) is 35.1. The lowest BCUT2D eigenvalue weighted by Crippen LogP contribution is -2.28. The molecule has 0 spiro atoms. The van der Waals surface area contributed by atoms with Crippen molar-refractivity contribution in [3.63, 3.8) is 0 Å². The van der Waals surface area contributed by atoms with E-state index in [0.717, 1.165) is 4.90 Å². The van der Waals surface area contributed by atoms with E-state index in [0.29, 0.717) is 11.6 Å². The van der Waals surface area contributed by atoms with E-state index in [1.54, 1.807) is 13.0 Å². The standard InChI is InChI=1S/C14H12N4O5/c1-8-6-12(16-23-8)15-10-3-2-9(7-11(10)18(21)22)17-13(19)4-5-14(17)20/h2-3,6-7H,4-5H2,1H3,(H,15,16). The molecule has 0 bridgehead atoms. The summed E-state index contributed by atoms with van der Waals surface area (Å²) in [6.07, 6.45) is 0.232. The molecule has 9 heteroatoms. The summed E-state index contributed by atoms with van der Waals surface area (Å²) in [5, 5.41) is 17.8. The van der Waals surface area contributed by atoms with Gasteiger partial charge in [-0.2, -0.15) is 0 Å². The Balaban J connectivity index is 1.97. The summed E-state index contributed by atoms with van der Waals surface area (Å²) < 4.78 is 4.89. The van der Waals surface area contributed by atoms with Crippen molar-refractivity contribution in [3.05, 3.63) is 40.1 Å². The van der Waals surface area contributed by atoms with Gasteiger partial charge in [0.25, 0.3) is 5.69 Å². The Morgan fingerprint density at radius 2 is 1.96 bits per heavy atom. The Bertz CT molecular complexity index is 797. The van der Waals surface area contributed by atoms with E-state index >= 15 is 0 Å². The number of benzene rings is 1. The normalized spacial score (nSPS) is 14.4. The number of nitro benzene ring substituents is 1. The number of nitrogens with zero attached hydrogens (tertiary/aromatic N) is 3. The lowest BCUT2D eigenvalue weighted by Gasteiger charge is -2.14. The molecule has 9 nitrogen and oxygen atoms in total. The molecule has 1 N–H and O–H groups in total. The molecular formula is C14H12N4O5. The number of carbonyl (C=O) groups excluding carboxylic acids is 2. The van der Waals surface area contributed by atoms with E-state index in [4.69, 9.17) is 4.52 Å². The van der Waals surface area contributed by atoms with Gasteiger partial charge in [0.15, 0.2) is 5.82 Å². The number of amides is 2. The zero-order chi connectivity index (χ0) is 16.6. The molecule has 0 unspecified atom stereocenters. The van der Waals surface area contributed by atoms with Gasteiger partial charge in [0.05, 0.1) is 10.6 Å². The van der Waals surface area contributed by atoms with Crippen molar-refractivity contribution < 1.29 is 19.0 Å². The molecule has 0 aliphatic carbocycles. The van der Waals surface area contributed by atoms with Crippen LogP contribution in [-0.4, -0.2) is 21.9 Å². The molecule has 1 saturated heterocycles. The highest BCUT2D eigenvalue weighted by molar-refractivity contribution is 6.20. The zero-order valence-electron chi connectivity index (χ0n) is 12.1.